The molecule has 0 bridgehead atoms. The number of hydrogen-bond acceptors (Lipinski definition) is 3. The molecule has 8 heteroatoms. The minimum absolute atomic E-state index is 0.0706. The number of alkyl halides is 1. The van der Waals surface area contributed by atoms with Crippen molar-refractivity contribution < 1.29 is 18.5 Å². The Balaban J connectivity index is 2.41. The number of hydrogen-bond donors (Lipinski definition) is 0. The summed E-state index contributed by atoms with van der Waals surface area (Å²) >= 11 is 3.30. The summed E-state index contributed by atoms with van der Waals surface area (Å²) < 4.78 is 27.4. The first-order valence-electron chi connectivity index (χ1n) is 5.47. The molecule has 1 amide bonds. The van der Waals surface area contributed by atoms with Gasteiger partial charge in [-0.05, 0) is 12.5 Å². The lowest BCUT2D eigenvalue weighted by molar-refractivity contribution is -0.387. The summed E-state index contributed by atoms with van der Waals surface area (Å²) in [5.41, 5.74) is -1.77. The average Bonchev–Trinajstić information content (AvgIpc) is 2.75. The largest absolute Gasteiger partial charge is 0.337 e. The molecule has 1 unspecified atom stereocenters. The molecule has 102 valence electrons. The molecule has 0 spiro atoms. The molecule has 0 aliphatic carbocycles. The molecule has 1 atom stereocenters. The normalized spacial score (nSPS) is 18.7. The lowest BCUT2D eigenvalue weighted by Gasteiger charge is -2.16. The van der Waals surface area contributed by atoms with E-state index in [1.54, 1.807) is 0 Å². The Morgan fingerprint density at radius 1 is 1.47 bits per heavy atom. The molecule has 0 radical (unpaired) electrons. The van der Waals surface area contributed by atoms with E-state index in [1.165, 1.54) is 4.90 Å². The summed E-state index contributed by atoms with van der Waals surface area (Å²) in [6, 6.07) is 1.44. The van der Waals surface area contributed by atoms with Crippen LogP contribution in [-0.4, -0.2) is 33.6 Å². The van der Waals surface area contributed by atoms with E-state index in [0.29, 0.717) is 25.6 Å². The molecule has 0 N–H and O–H groups in total. The summed E-state index contributed by atoms with van der Waals surface area (Å²) in [6.07, 6.45) is 0.671. The number of nitro groups is 1. The maximum Gasteiger partial charge on any atom is 0.305 e. The van der Waals surface area contributed by atoms with Gasteiger partial charge in [0.1, 0.15) is 11.4 Å². The number of carbonyl (C=O) groups is 1. The monoisotopic (exact) mass is 334 g/mol. The topological polar surface area (TPSA) is 63.4 Å². The van der Waals surface area contributed by atoms with Gasteiger partial charge in [-0.3, -0.25) is 14.9 Å². The molecule has 1 saturated heterocycles. The van der Waals surface area contributed by atoms with Crippen LogP contribution < -0.4 is 0 Å². The van der Waals surface area contributed by atoms with Crippen LogP contribution >= 0.6 is 15.9 Å². The van der Waals surface area contributed by atoms with Gasteiger partial charge in [-0.1, -0.05) is 15.9 Å². The molecule has 1 heterocycles. The van der Waals surface area contributed by atoms with Crippen molar-refractivity contribution in [2.24, 2.45) is 0 Å². The number of nitro benzene ring substituents is 1. The van der Waals surface area contributed by atoms with Crippen LogP contribution in [0.3, 0.4) is 0 Å². The van der Waals surface area contributed by atoms with Gasteiger partial charge in [0.25, 0.3) is 5.91 Å². The van der Waals surface area contributed by atoms with Crippen LogP contribution in [-0.2, 0) is 0 Å². The summed E-state index contributed by atoms with van der Waals surface area (Å²) in [4.78, 5) is 23.0. The molecule has 1 aromatic carbocycles. The Morgan fingerprint density at radius 2 is 2.16 bits per heavy atom. The van der Waals surface area contributed by atoms with Crippen LogP contribution in [0, 0.1) is 21.7 Å². The molecule has 0 saturated carbocycles. The van der Waals surface area contributed by atoms with Crippen molar-refractivity contribution in [1.29, 1.82) is 0 Å². The van der Waals surface area contributed by atoms with Crippen molar-refractivity contribution in [2.45, 2.75) is 11.2 Å². The molecule has 1 aliphatic rings. The SMILES string of the molecule is O=C(c1c(F)ccc([N+](=O)[O-])c1F)N1CCC(Br)C1. The van der Waals surface area contributed by atoms with Gasteiger partial charge in [-0.25, -0.2) is 4.39 Å². The van der Waals surface area contributed by atoms with E-state index in [-0.39, 0.29) is 4.83 Å². The van der Waals surface area contributed by atoms with Gasteiger partial charge in [0.05, 0.1) is 4.92 Å². The fraction of sp³-hybridized carbons (Fsp3) is 0.364. The molecule has 0 aromatic heterocycles. The lowest BCUT2D eigenvalue weighted by Crippen LogP contribution is -2.30. The van der Waals surface area contributed by atoms with E-state index < -0.39 is 33.7 Å². The number of nitrogens with zero attached hydrogens (tertiary/aromatic N) is 2. The highest BCUT2D eigenvalue weighted by atomic mass is 79.9. The first-order valence-corrected chi connectivity index (χ1v) is 6.39. The highest BCUT2D eigenvalue weighted by Gasteiger charge is 2.32. The predicted octanol–water partition coefficient (Wildman–Crippen LogP) is 2.48. The second kappa shape index (κ2) is 5.20. The minimum Gasteiger partial charge on any atom is -0.337 e. The van der Waals surface area contributed by atoms with Crippen molar-refractivity contribution in [2.75, 3.05) is 13.1 Å². The van der Waals surface area contributed by atoms with Gasteiger partial charge < -0.3 is 4.90 Å². The summed E-state index contributed by atoms with van der Waals surface area (Å²) in [5, 5.41) is 10.6. The van der Waals surface area contributed by atoms with E-state index in [2.05, 4.69) is 15.9 Å². The van der Waals surface area contributed by atoms with Crippen molar-refractivity contribution >= 4 is 27.5 Å². The Labute approximate surface area is 115 Å². The molecule has 2 rings (SSSR count). The second-order valence-corrected chi connectivity index (χ2v) is 5.44. The zero-order valence-electron chi connectivity index (χ0n) is 9.61. The quantitative estimate of drug-likeness (QED) is 0.474. The Kier molecular flexibility index (Phi) is 3.79. The van der Waals surface area contributed by atoms with E-state index in [4.69, 9.17) is 0 Å². The third-order valence-electron chi connectivity index (χ3n) is 2.90. The first kappa shape index (κ1) is 13.9. The molecule has 5 nitrogen and oxygen atoms in total. The molecular formula is C11H9BrF2N2O3. The first-order chi connectivity index (χ1) is 8.91. The fourth-order valence-corrected chi connectivity index (χ4v) is 2.49. The smallest absolute Gasteiger partial charge is 0.305 e. The summed E-state index contributed by atoms with van der Waals surface area (Å²) in [6.45, 7) is 0.677. The standard InChI is InChI=1S/C11H9BrF2N2O3/c12-6-3-4-15(5-6)11(17)9-7(13)1-2-8(10(9)14)16(18)19/h1-2,6H,3-5H2. The number of carbonyl (C=O) groups excluding carboxylic acids is 1. The van der Waals surface area contributed by atoms with Gasteiger partial charge in [0.15, 0.2) is 0 Å². The number of benzene rings is 1. The zero-order chi connectivity index (χ0) is 14.2. The van der Waals surface area contributed by atoms with E-state index in [0.717, 1.165) is 6.07 Å². The number of likely N-dealkylation sites (tertiary alicyclic amines) is 1. The Hall–Kier alpha value is -1.57. The van der Waals surface area contributed by atoms with Gasteiger partial charge >= 0.3 is 5.69 Å². The zero-order valence-corrected chi connectivity index (χ0v) is 11.2. The molecule has 1 aliphatic heterocycles. The molecule has 1 aromatic rings. The predicted molar refractivity (Wildman–Crippen MR) is 66.2 cm³/mol. The molecule has 1 fully saturated rings. The summed E-state index contributed by atoms with van der Waals surface area (Å²) in [5.74, 6) is -3.38. The fourth-order valence-electron chi connectivity index (χ4n) is 1.94. The Bertz CT molecular complexity index is 553. The Morgan fingerprint density at radius 3 is 2.68 bits per heavy atom. The van der Waals surface area contributed by atoms with Gasteiger partial charge in [-0.15, -0.1) is 0 Å². The van der Waals surface area contributed by atoms with Crippen molar-refractivity contribution in [3.8, 4) is 0 Å². The van der Waals surface area contributed by atoms with Crippen molar-refractivity contribution in [3.05, 3.63) is 39.4 Å². The minimum atomic E-state index is -1.42. The maximum absolute atomic E-state index is 13.8. The number of amides is 1. The third kappa shape index (κ3) is 2.58. The van der Waals surface area contributed by atoms with Crippen LogP contribution in [0.2, 0.25) is 0 Å². The van der Waals surface area contributed by atoms with Gasteiger partial charge in [-0.2, -0.15) is 4.39 Å². The van der Waals surface area contributed by atoms with E-state index >= 15 is 0 Å². The lowest BCUT2D eigenvalue weighted by atomic mass is 10.1. The van der Waals surface area contributed by atoms with Crippen molar-refractivity contribution in [3.63, 3.8) is 0 Å². The summed E-state index contributed by atoms with van der Waals surface area (Å²) in [7, 11) is 0. The van der Waals surface area contributed by atoms with Gasteiger partial charge in [0, 0.05) is 24.0 Å². The van der Waals surface area contributed by atoms with Crippen molar-refractivity contribution in [1.82, 2.24) is 4.90 Å². The highest BCUT2D eigenvalue weighted by Crippen LogP contribution is 2.26. The number of rotatable bonds is 2. The second-order valence-electron chi connectivity index (χ2n) is 4.15. The van der Waals surface area contributed by atoms with Crippen LogP contribution in [0.5, 0.6) is 0 Å². The highest BCUT2D eigenvalue weighted by molar-refractivity contribution is 9.09. The molecule has 19 heavy (non-hydrogen) atoms. The van der Waals surface area contributed by atoms with E-state index in [1.807, 2.05) is 0 Å². The average molecular weight is 335 g/mol. The van der Waals surface area contributed by atoms with Crippen LogP contribution in [0.15, 0.2) is 12.1 Å². The van der Waals surface area contributed by atoms with Crippen LogP contribution in [0.25, 0.3) is 0 Å². The maximum atomic E-state index is 13.8. The number of halogens is 3. The van der Waals surface area contributed by atoms with Crippen LogP contribution in [0.1, 0.15) is 16.8 Å². The van der Waals surface area contributed by atoms with Gasteiger partial charge in [0.2, 0.25) is 5.82 Å². The van der Waals surface area contributed by atoms with Crippen LogP contribution in [0.4, 0.5) is 14.5 Å². The third-order valence-corrected chi connectivity index (χ3v) is 3.65. The molecular weight excluding hydrogens is 326 g/mol. The van der Waals surface area contributed by atoms with E-state index in [9.17, 15) is 23.7 Å².